The zero-order valence-electron chi connectivity index (χ0n) is 18.9. The smallest absolute Gasteiger partial charge is 0.384 e. The first-order chi connectivity index (χ1) is 15.6. The number of halogens is 3. The molecule has 6 nitrogen and oxygen atoms in total. The Morgan fingerprint density at radius 3 is 2.58 bits per heavy atom. The number of unbranched alkanes of at least 4 members (excludes halogenated alkanes) is 1. The van der Waals surface area contributed by atoms with Gasteiger partial charge in [0, 0.05) is 31.3 Å². The van der Waals surface area contributed by atoms with Crippen molar-refractivity contribution in [3.63, 3.8) is 0 Å². The highest BCUT2D eigenvalue weighted by atomic mass is 19.4. The van der Waals surface area contributed by atoms with Crippen LogP contribution in [0.15, 0.2) is 36.0 Å². The van der Waals surface area contributed by atoms with E-state index < -0.39 is 11.7 Å². The van der Waals surface area contributed by atoms with Gasteiger partial charge in [-0.25, -0.2) is 9.97 Å². The predicted octanol–water partition coefficient (Wildman–Crippen LogP) is 4.83. The van der Waals surface area contributed by atoms with Gasteiger partial charge in [-0.3, -0.25) is 4.79 Å². The van der Waals surface area contributed by atoms with Crippen LogP contribution in [0.25, 0.3) is 11.3 Å². The molecule has 0 bridgehead atoms. The van der Waals surface area contributed by atoms with E-state index in [1.165, 1.54) is 0 Å². The fourth-order valence-electron chi connectivity index (χ4n) is 3.74. The van der Waals surface area contributed by atoms with Crippen LogP contribution in [-0.2, 0) is 22.1 Å². The first-order valence-electron chi connectivity index (χ1n) is 11.0. The monoisotopic (exact) mass is 462 g/mol. The number of morpholine rings is 1. The van der Waals surface area contributed by atoms with Gasteiger partial charge in [0.15, 0.2) is 5.78 Å². The molecule has 2 aromatic heterocycles. The number of allylic oxidation sites excluding steroid dienone is 2. The first-order valence-corrected chi connectivity index (χ1v) is 11.0. The van der Waals surface area contributed by atoms with Crippen LogP contribution >= 0.6 is 0 Å². The Kier molecular flexibility index (Phi) is 8.07. The van der Waals surface area contributed by atoms with Crippen LogP contribution < -0.4 is 10.6 Å². The van der Waals surface area contributed by atoms with Gasteiger partial charge >= 0.3 is 6.18 Å². The Labute approximate surface area is 191 Å². The minimum atomic E-state index is -4.59. The fraction of sp³-hybridized carbons (Fsp3) is 0.458. The van der Waals surface area contributed by atoms with Crippen molar-refractivity contribution in [2.45, 2.75) is 45.7 Å². The average molecular weight is 463 g/mol. The fourth-order valence-corrected chi connectivity index (χ4v) is 3.74. The summed E-state index contributed by atoms with van der Waals surface area (Å²) in [6.07, 6.45) is 0.677. The third-order valence-electron chi connectivity index (χ3n) is 5.30. The van der Waals surface area contributed by atoms with E-state index in [-0.39, 0.29) is 22.9 Å². The second-order valence-corrected chi connectivity index (χ2v) is 8.37. The third kappa shape index (κ3) is 7.02. The predicted molar refractivity (Wildman–Crippen MR) is 122 cm³/mol. The number of aromatic nitrogens is 2. The summed E-state index contributed by atoms with van der Waals surface area (Å²) in [6, 6.07) is 4.42. The largest absolute Gasteiger partial charge is 0.417 e. The number of hydrogen-bond acceptors (Lipinski definition) is 6. The summed E-state index contributed by atoms with van der Waals surface area (Å²) in [5.41, 5.74) is 6.59. The second kappa shape index (κ2) is 10.8. The van der Waals surface area contributed by atoms with E-state index in [1.54, 1.807) is 12.1 Å². The zero-order chi connectivity index (χ0) is 24.0. The number of ketones is 1. The number of nitrogens with zero attached hydrogens (tertiary/aromatic N) is 3. The molecule has 3 rings (SSSR count). The lowest BCUT2D eigenvalue weighted by Crippen LogP contribution is -2.36. The van der Waals surface area contributed by atoms with Crippen molar-refractivity contribution in [2.24, 2.45) is 0 Å². The van der Waals surface area contributed by atoms with Gasteiger partial charge in [0.05, 0.1) is 24.5 Å². The molecule has 178 valence electrons. The molecule has 0 saturated carbocycles. The van der Waals surface area contributed by atoms with E-state index in [0.29, 0.717) is 51.4 Å². The van der Waals surface area contributed by atoms with Crippen molar-refractivity contribution in [1.29, 1.82) is 0 Å². The molecule has 1 aliphatic rings. The molecule has 1 aliphatic heterocycles. The van der Waals surface area contributed by atoms with Crippen molar-refractivity contribution in [2.75, 3.05) is 36.9 Å². The van der Waals surface area contributed by atoms with E-state index in [4.69, 9.17) is 10.5 Å². The van der Waals surface area contributed by atoms with Crippen molar-refractivity contribution in [1.82, 2.24) is 9.97 Å². The Morgan fingerprint density at radius 1 is 1.18 bits per heavy atom. The van der Waals surface area contributed by atoms with E-state index in [1.807, 2.05) is 24.8 Å². The SMILES string of the molecule is CC(C)=CC(=O)CCCCc1cc(-c2cnc(N)cc2C(F)(F)F)nc(N2CCOCC2)c1. The zero-order valence-corrected chi connectivity index (χ0v) is 18.9. The van der Waals surface area contributed by atoms with Crippen LogP contribution in [0.1, 0.15) is 44.2 Å². The minimum Gasteiger partial charge on any atom is -0.384 e. The first kappa shape index (κ1) is 24.7. The summed E-state index contributed by atoms with van der Waals surface area (Å²) >= 11 is 0. The maximum absolute atomic E-state index is 13.7. The maximum Gasteiger partial charge on any atom is 0.417 e. The van der Waals surface area contributed by atoms with Gasteiger partial charge in [0.1, 0.15) is 11.6 Å². The Morgan fingerprint density at radius 2 is 1.91 bits per heavy atom. The molecule has 2 aromatic rings. The van der Waals surface area contributed by atoms with Crippen LogP contribution in [0.5, 0.6) is 0 Å². The van der Waals surface area contributed by atoms with E-state index in [2.05, 4.69) is 9.97 Å². The number of nitrogens with two attached hydrogens (primary N) is 1. The lowest BCUT2D eigenvalue weighted by atomic mass is 10.0. The molecule has 3 heterocycles. The molecule has 33 heavy (non-hydrogen) atoms. The Bertz CT molecular complexity index is 1010. The standard InChI is InChI=1S/C24H29F3N4O2/c1-16(2)11-18(32)6-4-3-5-17-12-21(30-23(13-17)31-7-9-33-10-8-31)19-15-29-22(28)14-20(19)24(25,26)27/h11-15H,3-10H2,1-2H3,(H2,28,29). The van der Waals surface area contributed by atoms with Crippen LogP contribution in [0.2, 0.25) is 0 Å². The molecule has 0 aliphatic carbocycles. The summed E-state index contributed by atoms with van der Waals surface area (Å²) in [5, 5.41) is 0. The molecule has 0 aromatic carbocycles. The molecule has 0 spiro atoms. The van der Waals surface area contributed by atoms with Crippen molar-refractivity contribution in [3.05, 3.63) is 47.2 Å². The van der Waals surface area contributed by atoms with Gasteiger partial charge in [-0.05, 0) is 62.9 Å². The normalized spacial score (nSPS) is 14.3. The molecule has 0 atom stereocenters. The summed E-state index contributed by atoms with van der Waals surface area (Å²) < 4.78 is 46.5. The van der Waals surface area contributed by atoms with Crippen LogP contribution in [-0.4, -0.2) is 42.1 Å². The summed E-state index contributed by atoms with van der Waals surface area (Å²) in [6.45, 7) is 6.05. The van der Waals surface area contributed by atoms with Gasteiger partial charge in [0.25, 0.3) is 0 Å². The molecule has 2 N–H and O–H groups in total. The summed E-state index contributed by atoms with van der Waals surface area (Å²) in [4.78, 5) is 22.3. The number of carbonyl (C=O) groups excluding carboxylic acids is 1. The number of carbonyl (C=O) groups is 1. The minimum absolute atomic E-state index is 0.0854. The number of ether oxygens (including phenoxy) is 1. The Hall–Kier alpha value is -2.94. The number of anilines is 2. The maximum atomic E-state index is 13.7. The highest BCUT2D eigenvalue weighted by Gasteiger charge is 2.35. The molecule has 1 saturated heterocycles. The van der Waals surface area contributed by atoms with E-state index >= 15 is 0 Å². The highest BCUT2D eigenvalue weighted by Crippen LogP contribution is 2.38. The third-order valence-corrected chi connectivity index (χ3v) is 5.30. The number of alkyl halides is 3. The van der Waals surface area contributed by atoms with Crippen molar-refractivity contribution in [3.8, 4) is 11.3 Å². The van der Waals surface area contributed by atoms with Crippen molar-refractivity contribution >= 4 is 17.4 Å². The van der Waals surface area contributed by atoms with Gasteiger partial charge in [-0.15, -0.1) is 0 Å². The lowest BCUT2D eigenvalue weighted by molar-refractivity contribution is -0.137. The van der Waals surface area contributed by atoms with Crippen LogP contribution in [0.4, 0.5) is 24.8 Å². The lowest BCUT2D eigenvalue weighted by Gasteiger charge is -2.28. The highest BCUT2D eigenvalue weighted by molar-refractivity contribution is 5.90. The van der Waals surface area contributed by atoms with Gasteiger partial charge in [0.2, 0.25) is 0 Å². The number of nitrogen functional groups attached to an aromatic ring is 1. The van der Waals surface area contributed by atoms with Crippen LogP contribution in [0, 0.1) is 0 Å². The number of hydrogen-bond donors (Lipinski definition) is 1. The topological polar surface area (TPSA) is 81.3 Å². The molecular weight excluding hydrogens is 433 g/mol. The van der Waals surface area contributed by atoms with Gasteiger partial charge < -0.3 is 15.4 Å². The van der Waals surface area contributed by atoms with E-state index in [9.17, 15) is 18.0 Å². The van der Waals surface area contributed by atoms with Crippen molar-refractivity contribution < 1.29 is 22.7 Å². The van der Waals surface area contributed by atoms with Gasteiger partial charge in [-0.1, -0.05) is 5.57 Å². The number of aryl methyl sites for hydroxylation is 1. The molecule has 9 heteroatoms. The van der Waals surface area contributed by atoms with E-state index in [0.717, 1.165) is 29.8 Å². The number of rotatable bonds is 8. The molecule has 0 amide bonds. The Balaban J connectivity index is 1.89. The average Bonchev–Trinajstić information content (AvgIpc) is 2.76. The molecule has 0 unspecified atom stereocenters. The molecule has 0 radical (unpaired) electrons. The summed E-state index contributed by atoms with van der Waals surface area (Å²) in [7, 11) is 0. The quantitative estimate of drug-likeness (QED) is 0.447. The molecule has 1 fully saturated rings. The van der Waals surface area contributed by atoms with Gasteiger partial charge in [-0.2, -0.15) is 13.2 Å². The van der Waals surface area contributed by atoms with Crippen LogP contribution in [0.3, 0.4) is 0 Å². The second-order valence-electron chi connectivity index (χ2n) is 8.37. The summed E-state index contributed by atoms with van der Waals surface area (Å²) in [5.74, 6) is 0.496. The number of pyridine rings is 2. The molecular formula is C24H29F3N4O2.